The topological polar surface area (TPSA) is 148 Å². The van der Waals surface area contributed by atoms with E-state index in [1.165, 1.54) is 7.11 Å². The van der Waals surface area contributed by atoms with E-state index < -0.39 is 6.09 Å². The third kappa shape index (κ3) is 7.73. The smallest absolute Gasteiger partial charge is 0.407 e. The van der Waals surface area contributed by atoms with Crippen LogP contribution >= 0.6 is 0 Å². The van der Waals surface area contributed by atoms with Crippen molar-refractivity contribution in [2.24, 2.45) is 5.92 Å². The lowest BCUT2D eigenvalue weighted by atomic mass is 9.97. The lowest BCUT2D eigenvalue weighted by molar-refractivity contribution is -0.134. The van der Waals surface area contributed by atoms with E-state index in [2.05, 4.69) is 111 Å². The first-order valence-electron chi connectivity index (χ1n) is 18.9. The fourth-order valence-electron chi connectivity index (χ4n) is 8.14. The standard InChI is InChI=1S/C42H48N8O4/c1-4-6-35(21-43-26-51)49(17-5-2)25-38-44-22-37(47-38)32-14-13-30-18-29(11-12-31(30)19-32)27-7-9-28(10-8-27)36-23-45-41(48-36)40-33-15-16-34(20-33)50(40)39(52)24-46-42(53)54-3/h6-14,18-19,22-23,26,33-34,40H,4-5,15-17,20-21,24-25H2,1-3H3,(H,43,51)(H,44,47)(H,45,48)(H,46,53)/b35-6+. The number of hydrogen-bond donors (Lipinski definition) is 4. The first-order chi connectivity index (χ1) is 26.4. The molecule has 3 atom stereocenters. The molecule has 1 saturated heterocycles. The van der Waals surface area contributed by atoms with Crippen molar-refractivity contribution in [3.63, 3.8) is 0 Å². The summed E-state index contributed by atoms with van der Waals surface area (Å²) >= 11 is 0. The lowest BCUT2D eigenvalue weighted by Gasteiger charge is -2.34. The number of H-pyrrole nitrogens is 2. The van der Waals surface area contributed by atoms with Gasteiger partial charge in [-0.3, -0.25) is 9.59 Å². The molecule has 3 unspecified atom stereocenters. The number of rotatable bonds is 15. The number of aromatic amines is 2. The van der Waals surface area contributed by atoms with E-state index in [1.807, 2.05) is 17.3 Å². The Morgan fingerprint density at radius 3 is 2.35 bits per heavy atom. The zero-order valence-electron chi connectivity index (χ0n) is 31.1. The molecular weight excluding hydrogens is 681 g/mol. The number of imidazole rings is 2. The SMILES string of the molecule is CC/C=C(\CNC=O)N(CCC)Cc1ncc(-c2ccc3cc(-c4ccc(-c5cnc(C6C7CCC(C7)N6C(=O)CNC(=O)OC)[nH]5)cc4)ccc3c2)[nH]1. The Bertz CT molecular complexity index is 2140. The van der Waals surface area contributed by atoms with Crippen LogP contribution in [0.3, 0.4) is 0 Å². The highest BCUT2D eigenvalue weighted by molar-refractivity contribution is 5.90. The molecule has 0 radical (unpaired) electrons. The number of allylic oxidation sites excluding steroid dienone is 1. The normalized spacial score (nSPS) is 17.9. The number of hydrogen-bond acceptors (Lipinski definition) is 7. The number of nitrogens with zero attached hydrogens (tertiary/aromatic N) is 4. The second kappa shape index (κ2) is 16.4. The van der Waals surface area contributed by atoms with Crippen molar-refractivity contribution in [2.45, 2.75) is 64.6 Å². The predicted octanol–water partition coefficient (Wildman–Crippen LogP) is 6.95. The summed E-state index contributed by atoms with van der Waals surface area (Å²) in [7, 11) is 1.29. The fraction of sp³-hybridized carbons (Fsp3) is 0.357. The number of piperidine rings is 1. The summed E-state index contributed by atoms with van der Waals surface area (Å²) < 4.78 is 4.64. The van der Waals surface area contributed by atoms with Gasteiger partial charge in [-0.25, -0.2) is 14.8 Å². The summed E-state index contributed by atoms with van der Waals surface area (Å²) in [6.07, 6.45) is 10.9. The molecular formula is C42H48N8O4. The van der Waals surface area contributed by atoms with Crippen LogP contribution < -0.4 is 10.6 Å². The van der Waals surface area contributed by atoms with Crippen molar-refractivity contribution in [3.8, 4) is 33.6 Å². The van der Waals surface area contributed by atoms with Gasteiger partial charge in [-0.15, -0.1) is 0 Å². The third-order valence-electron chi connectivity index (χ3n) is 10.7. The molecule has 4 N–H and O–H groups in total. The van der Waals surface area contributed by atoms with E-state index in [0.29, 0.717) is 19.0 Å². The maximum absolute atomic E-state index is 13.2. The molecule has 1 saturated carbocycles. The highest BCUT2D eigenvalue weighted by atomic mass is 16.5. The van der Waals surface area contributed by atoms with Crippen molar-refractivity contribution in [1.82, 2.24) is 40.4 Å². The molecule has 3 heterocycles. The van der Waals surface area contributed by atoms with E-state index in [0.717, 1.165) is 107 Å². The summed E-state index contributed by atoms with van der Waals surface area (Å²) in [5.41, 5.74) is 7.29. The third-order valence-corrected chi connectivity index (χ3v) is 10.7. The van der Waals surface area contributed by atoms with Crippen LogP contribution in [0.4, 0.5) is 4.79 Å². The fourth-order valence-corrected chi connectivity index (χ4v) is 8.14. The molecule has 3 aromatic carbocycles. The minimum absolute atomic E-state index is 0.0945. The van der Waals surface area contributed by atoms with E-state index in [-0.39, 0.29) is 24.5 Å². The molecule has 3 amide bonds. The van der Waals surface area contributed by atoms with Gasteiger partial charge in [-0.1, -0.05) is 68.5 Å². The highest BCUT2D eigenvalue weighted by Crippen LogP contribution is 2.49. The summed E-state index contributed by atoms with van der Waals surface area (Å²) in [4.78, 5) is 56.4. The Hall–Kier alpha value is -5.91. The molecule has 0 spiro atoms. The van der Waals surface area contributed by atoms with Gasteiger partial charge in [0.25, 0.3) is 0 Å². The summed E-state index contributed by atoms with van der Waals surface area (Å²) in [5.74, 6) is 1.89. The molecule has 2 aromatic heterocycles. The summed E-state index contributed by atoms with van der Waals surface area (Å²) in [6.45, 7) is 6.16. The average molecular weight is 729 g/mol. The molecule has 12 nitrogen and oxygen atoms in total. The molecule has 5 aromatic rings. The minimum atomic E-state index is -0.613. The van der Waals surface area contributed by atoms with E-state index in [9.17, 15) is 14.4 Å². The number of carbonyl (C=O) groups is 3. The van der Waals surface area contributed by atoms with Gasteiger partial charge in [0.05, 0.1) is 50.0 Å². The van der Waals surface area contributed by atoms with E-state index in [1.54, 1.807) is 0 Å². The zero-order valence-corrected chi connectivity index (χ0v) is 31.1. The number of alkyl carbamates (subject to hydrolysis) is 1. The first-order valence-corrected chi connectivity index (χ1v) is 18.9. The Morgan fingerprint density at radius 1 is 0.907 bits per heavy atom. The van der Waals surface area contributed by atoms with Crippen molar-refractivity contribution in [2.75, 3.05) is 26.7 Å². The van der Waals surface area contributed by atoms with Crippen molar-refractivity contribution < 1.29 is 19.1 Å². The van der Waals surface area contributed by atoms with Gasteiger partial charge in [0.2, 0.25) is 12.3 Å². The highest BCUT2D eigenvalue weighted by Gasteiger charge is 2.49. The van der Waals surface area contributed by atoms with E-state index in [4.69, 9.17) is 9.97 Å². The largest absolute Gasteiger partial charge is 0.453 e. The predicted molar refractivity (Wildman–Crippen MR) is 209 cm³/mol. The summed E-state index contributed by atoms with van der Waals surface area (Å²) in [5, 5.41) is 7.63. The van der Waals surface area contributed by atoms with E-state index >= 15 is 0 Å². The molecule has 54 heavy (non-hydrogen) atoms. The number of fused-ring (bicyclic) bond motifs is 3. The first kappa shape index (κ1) is 36.4. The Kier molecular flexibility index (Phi) is 11.1. The summed E-state index contributed by atoms with van der Waals surface area (Å²) in [6, 6.07) is 21.5. The van der Waals surface area contributed by atoms with Gasteiger partial charge < -0.3 is 35.1 Å². The average Bonchev–Trinajstić information content (AvgIpc) is 4.04. The van der Waals surface area contributed by atoms with Gasteiger partial charge in [-0.05, 0) is 77.6 Å². The molecule has 280 valence electrons. The number of benzene rings is 3. The van der Waals surface area contributed by atoms with Crippen LogP contribution in [0, 0.1) is 5.92 Å². The van der Waals surface area contributed by atoms with Gasteiger partial charge >= 0.3 is 6.09 Å². The van der Waals surface area contributed by atoms with Crippen LogP contribution in [-0.4, -0.2) is 80.9 Å². The van der Waals surface area contributed by atoms with Crippen LogP contribution in [0.2, 0.25) is 0 Å². The molecule has 1 aliphatic carbocycles. The number of ether oxygens (including phenoxy) is 1. The minimum Gasteiger partial charge on any atom is -0.453 e. The Labute approximate surface area is 315 Å². The molecule has 1 aliphatic heterocycles. The monoisotopic (exact) mass is 728 g/mol. The number of nitrogens with one attached hydrogen (secondary N) is 4. The number of likely N-dealkylation sites (tertiary alicyclic amines) is 1. The number of aromatic nitrogens is 4. The molecule has 2 bridgehead atoms. The Morgan fingerprint density at radius 2 is 1.61 bits per heavy atom. The molecule has 12 heteroatoms. The quantitative estimate of drug-likeness (QED) is 0.0854. The van der Waals surface area contributed by atoms with Gasteiger partial charge in [0.1, 0.15) is 18.2 Å². The number of amides is 3. The second-order valence-electron chi connectivity index (χ2n) is 14.1. The maximum atomic E-state index is 13.2. The lowest BCUT2D eigenvalue weighted by Crippen LogP contribution is -2.45. The number of carbonyl (C=O) groups excluding carboxylic acids is 3. The van der Waals surface area contributed by atoms with Crippen molar-refractivity contribution >= 4 is 29.2 Å². The molecule has 2 aliphatic rings. The van der Waals surface area contributed by atoms with Crippen LogP contribution in [0.5, 0.6) is 0 Å². The molecule has 2 fully saturated rings. The zero-order chi connectivity index (χ0) is 37.6. The van der Waals surface area contributed by atoms with Crippen molar-refractivity contribution in [1.29, 1.82) is 0 Å². The van der Waals surface area contributed by atoms with Gasteiger partial charge in [0.15, 0.2) is 0 Å². The van der Waals surface area contributed by atoms with Crippen LogP contribution in [-0.2, 0) is 20.9 Å². The maximum Gasteiger partial charge on any atom is 0.407 e. The van der Waals surface area contributed by atoms with Gasteiger partial charge in [0, 0.05) is 23.8 Å². The number of methoxy groups -OCH3 is 1. The van der Waals surface area contributed by atoms with Crippen molar-refractivity contribution in [3.05, 3.63) is 96.5 Å². The van der Waals surface area contributed by atoms with Crippen LogP contribution in [0.15, 0.2) is 84.8 Å². The van der Waals surface area contributed by atoms with Gasteiger partial charge in [-0.2, -0.15) is 0 Å². The van der Waals surface area contributed by atoms with Crippen LogP contribution in [0.25, 0.3) is 44.4 Å². The Balaban J connectivity index is 1.03. The van der Waals surface area contributed by atoms with Crippen LogP contribution in [0.1, 0.15) is 63.6 Å². The molecule has 7 rings (SSSR count). The second-order valence-corrected chi connectivity index (χ2v) is 14.1.